The van der Waals surface area contributed by atoms with Crippen LogP contribution in [0.2, 0.25) is 0 Å². The minimum Gasteiger partial charge on any atom is -0.368 e. The molecule has 24 heavy (non-hydrogen) atoms. The molecule has 0 aliphatic carbocycles. The second kappa shape index (κ2) is 5.27. The van der Waals surface area contributed by atoms with Crippen molar-refractivity contribution in [3.05, 3.63) is 52.0 Å². The van der Waals surface area contributed by atoms with E-state index in [0.717, 1.165) is 26.0 Å². The molecular weight excluding hydrogens is 326 g/mol. The summed E-state index contributed by atoms with van der Waals surface area (Å²) in [6.07, 6.45) is 1.44. The predicted octanol–water partition coefficient (Wildman–Crippen LogP) is 1.57. The van der Waals surface area contributed by atoms with Crippen molar-refractivity contribution in [2.24, 2.45) is 5.73 Å². The predicted molar refractivity (Wildman–Crippen MR) is 92.0 cm³/mol. The molecule has 0 unspecified atom stereocenters. The fourth-order valence-electron chi connectivity index (χ4n) is 2.62. The molecule has 3 heterocycles. The number of primary amides is 1. The highest BCUT2D eigenvalue weighted by Crippen LogP contribution is 2.34. The van der Waals surface area contributed by atoms with Crippen molar-refractivity contribution >= 4 is 33.1 Å². The zero-order valence-corrected chi connectivity index (χ0v) is 13.6. The summed E-state index contributed by atoms with van der Waals surface area (Å²) in [4.78, 5) is 27.7. The Balaban J connectivity index is 1.95. The van der Waals surface area contributed by atoms with E-state index >= 15 is 0 Å². The molecule has 3 aromatic heterocycles. The first-order valence-electron chi connectivity index (χ1n) is 7.25. The van der Waals surface area contributed by atoms with Gasteiger partial charge in [0.25, 0.3) is 0 Å². The van der Waals surface area contributed by atoms with E-state index in [4.69, 9.17) is 5.73 Å². The van der Waals surface area contributed by atoms with E-state index in [1.165, 1.54) is 27.6 Å². The quantitative estimate of drug-likeness (QED) is 0.613. The highest BCUT2D eigenvalue weighted by Gasteiger charge is 2.16. The Morgan fingerprint density at radius 1 is 1.29 bits per heavy atom. The van der Waals surface area contributed by atoms with Gasteiger partial charge < -0.3 is 5.73 Å². The number of rotatable bonds is 3. The molecule has 0 atom stereocenters. The number of nitrogens with two attached hydrogens (primary N) is 1. The smallest absolute Gasteiger partial charge is 0.352 e. The number of hydrogen-bond acceptors (Lipinski definition) is 5. The van der Waals surface area contributed by atoms with Crippen LogP contribution in [0, 0.1) is 6.92 Å². The zero-order chi connectivity index (χ0) is 16.8. The lowest BCUT2D eigenvalue weighted by Gasteiger charge is -2.00. The number of amides is 1. The summed E-state index contributed by atoms with van der Waals surface area (Å²) in [5.74, 6) is -0.615. The zero-order valence-electron chi connectivity index (χ0n) is 12.8. The van der Waals surface area contributed by atoms with Crippen molar-refractivity contribution in [3.63, 3.8) is 0 Å². The maximum Gasteiger partial charge on any atom is 0.352 e. The molecular formula is C16H13N5O2S. The number of aryl methyl sites for hydroxylation is 1. The van der Waals surface area contributed by atoms with Crippen molar-refractivity contribution in [1.82, 2.24) is 19.2 Å². The number of benzene rings is 1. The molecule has 0 aliphatic heterocycles. The van der Waals surface area contributed by atoms with Gasteiger partial charge in [0.05, 0.1) is 10.2 Å². The number of carbonyl (C=O) groups excluding carboxylic acids is 1. The average Bonchev–Trinajstić information content (AvgIpc) is 3.10. The molecule has 2 N–H and O–H groups in total. The van der Waals surface area contributed by atoms with Gasteiger partial charge in [-0.2, -0.15) is 0 Å². The molecule has 0 radical (unpaired) electrons. The van der Waals surface area contributed by atoms with E-state index in [1.54, 1.807) is 0 Å². The van der Waals surface area contributed by atoms with Crippen LogP contribution in [-0.4, -0.2) is 25.1 Å². The first kappa shape index (κ1) is 14.6. The molecule has 1 amide bonds. The summed E-state index contributed by atoms with van der Waals surface area (Å²) in [7, 11) is 0. The van der Waals surface area contributed by atoms with Gasteiger partial charge in [0, 0.05) is 10.9 Å². The number of fused-ring (bicyclic) bond motifs is 3. The van der Waals surface area contributed by atoms with Crippen LogP contribution >= 0.6 is 11.3 Å². The summed E-state index contributed by atoms with van der Waals surface area (Å²) < 4.78 is 3.19. The van der Waals surface area contributed by atoms with Crippen LogP contribution in [0.5, 0.6) is 0 Å². The average molecular weight is 339 g/mol. The third-order valence-corrected chi connectivity index (χ3v) is 4.77. The minimum absolute atomic E-state index is 0.252. The first-order valence-corrected chi connectivity index (χ1v) is 8.13. The maximum absolute atomic E-state index is 12.2. The number of nitrogens with zero attached hydrogens (tertiary/aromatic N) is 4. The van der Waals surface area contributed by atoms with E-state index < -0.39 is 11.6 Å². The molecule has 8 heteroatoms. The van der Waals surface area contributed by atoms with E-state index in [0.29, 0.717) is 5.65 Å². The van der Waals surface area contributed by atoms with E-state index in [-0.39, 0.29) is 6.54 Å². The SMILES string of the molecule is Cc1ccc(-c2csc3c2ncn2c(=O)n(CC(N)=O)nc32)cc1. The molecule has 120 valence electrons. The summed E-state index contributed by atoms with van der Waals surface area (Å²) in [6, 6.07) is 8.17. The molecule has 0 saturated heterocycles. The van der Waals surface area contributed by atoms with Crippen LogP contribution in [0.1, 0.15) is 5.56 Å². The van der Waals surface area contributed by atoms with Gasteiger partial charge in [-0.3, -0.25) is 4.79 Å². The second-order valence-corrected chi connectivity index (χ2v) is 6.42. The van der Waals surface area contributed by atoms with Crippen molar-refractivity contribution < 1.29 is 4.79 Å². The number of carbonyl (C=O) groups is 1. The monoisotopic (exact) mass is 339 g/mol. The van der Waals surface area contributed by atoms with Crippen molar-refractivity contribution in [2.45, 2.75) is 13.5 Å². The Bertz CT molecular complexity index is 1140. The molecule has 4 aromatic rings. The fourth-order valence-corrected chi connectivity index (χ4v) is 3.62. The van der Waals surface area contributed by atoms with Gasteiger partial charge >= 0.3 is 5.69 Å². The van der Waals surface area contributed by atoms with Crippen molar-refractivity contribution in [2.75, 3.05) is 0 Å². The normalized spacial score (nSPS) is 11.4. The van der Waals surface area contributed by atoms with Gasteiger partial charge in [0.15, 0.2) is 5.65 Å². The van der Waals surface area contributed by atoms with E-state index in [1.807, 2.05) is 36.6 Å². The summed E-state index contributed by atoms with van der Waals surface area (Å²) in [5, 5.41) is 6.24. The second-order valence-electron chi connectivity index (χ2n) is 5.54. The van der Waals surface area contributed by atoms with E-state index in [2.05, 4.69) is 10.1 Å². The van der Waals surface area contributed by atoms with Gasteiger partial charge in [0.1, 0.15) is 12.9 Å². The molecule has 0 spiro atoms. The van der Waals surface area contributed by atoms with Gasteiger partial charge in [-0.1, -0.05) is 29.8 Å². The Morgan fingerprint density at radius 2 is 2.04 bits per heavy atom. The lowest BCUT2D eigenvalue weighted by molar-refractivity contribution is -0.118. The minimum atomic E-state index is -0.615. The topological polar surface area (TPSA) is 95.3 Å². The fraction of sp³-hybridized carbons (Fsp3) is 0.125. The third-order valence-electron chi connectivity index (χ3n) is 3.81. The van der Waals surface area contributed by atoms with Crippen molar-refractivity contribution in [3.8, 4) is 11.1 Å². The van der Waals surface area contributed by atoms with Crippen LogP contribution in [0.25, 0.3) is 27.0 Å². The standard InChI is InChI=1S/C16H13N5O2S/c1-9-2-4-10(5-3-9)11-7-24-14-13(11)18-8-20-15(14)19-21(16(20)23)6-12(17)22/h2-5,7-8H,6H2,1H3,(H2,17,22). The first-order chi connectivity index (χ1) is 11.5. The Labute approximate surface area is 140 Å². The third kappa shape index (κ3) is 2.19. The summed E-state index contributed by atoms with van der Waals surface area (Å²) in [6.45, 7) is 1.79. The van der Waals surface area contributed by atoms with Crippen LogP contribution < -0.4 is 11.4 Å². The Hall–Kier alpha value is -3.00. The molecule has 0 bridgehead atoms. The highest BCUT2D eigenvalue weighted by molar-refractivity contribution is 7.18. The number of aromatic nitrogens is 4. The largest absolute Gasteiger partial charge is 0.368 e. The lowest BCUT2D eigenvalue weighted by atomic mass is 10.1. The van der Waals surface area contributed by atoms with Gasteiger partial charge in [-0.05, 0) is 12.5 Å². The van der Waals surface area contributed by atoms with Crippen LogP contribution in [0.4, 0.5) is 0 Å². The summed E-state index contributed by atoms with van der Waals surface area (Å²) in [5.41, 5.74) is 9.24. The van der Waals surface area contributed by atoms with Gasteiger partial charge in [0.2, 0.25) is 5.91 Å². The molecule has 0 fully saturated rings. The van der Waals surface area contributed by atoms with Gasteiger partial charge in [-0.15, -0.1) is 16.4 Å². The van der Waals surface area contributed by atoms with Gasteiger partial charge in [-0.25, -0.2) is 18.9 Å². The highest BCUT2D eigenvalue weighted by atomic mass is 32.1. The molecule has 1 aromatic carbocycles. The van der Waals surface area contributed by atoms with Crippen LogP contribution in [-0.2, 0) is 11.3 Å². The molecule has 4 rings (SSSR count). The molecule has 0 saturated carbocycles. The van der Waals surface area contributed by atoms with Crippen molar-refractivity contribution in [1.29, 1.82) is 0 Å². The van der Waals surface area contributed by atoms with Crippen LogP contribution in [0.3, 0.4) is 0 Å². The number of hydrogen-bond donors (Lipinski definition) is 1. The maximum atomic E-state index is 12.2. The molecule has 0 aliphatic rings. The molecule has 7 nitrogen and oxygen atoms in total. The number of thiophene rings is 1. The Kier molecular flexibility index (Phi) is 3.20. The van der Waals surface area contributed by atoms with Crippen LogP contribution in [0.15, 0.2) is 40.8 Å². The lowest BCUT2D eigenvalue weighted by Crippen LogP contribution is -2.28. The van der Waals surface area contributed by atoms with E-state index in [9.17, 15) is 9.59 Å². The summed E-state index contributed by atoms with van der Waals surface area (Å²) >= 11 is 1.47. The Morgan fingerprint density at radius 3 is 2.75 bits per heavy atom.